The van der Waals surface area contributed by atoms with Crippen LogP contribution in [0.1, 0.15) is 114 Å². The molecule has 0 unspecified atom stereocenters. The standard InChI is InChI=1S/C62H52O17/c63-25-45-56(73)57(74)58(75)62(78-45)76-38-18-30(17-36(68)21-38)46-40-19-31(20-43(72)61(40)79-59(46)28-5-13-34(66)14-6-28)49-47(26-1-9-32(64)10-2-26)54-48(27-3-11-33(65)12-4-27)50-39(22-37(69)23-41(50)70)51-53-44(24-42(71)52(49)55(53)54)77-60(51)29-7-15-35(67)16-8-29/h1-24,45-49,51,54,56-60,62-75H,25H2/t45-,46+,47+,48+,49+,51+,54-,56-,57+,58-,59-,60-,62-/m1/s1. The molecule has 3 heterocycles. The summed E-state index contributed by atoms with van der Waals surface area (Å²) >= 11 is 0. The molecule has 13 N–H and O–H groups in total. The highest BCUT2D eigenvalue weighted by molar-refractivity contribution is 5.73. The fraction of sp³-hybridized carbons (Fsp3) is 0.226. The lowest BCUT2D eigenvalue weighted by atomic mass is 9.68. The molecule has 0 radical (unpaired) electrons. The number of aliphatic hydroxyl groups excluding tert-OH is 4. The van der Waals surface area contributed by atoms with E-state index in [2.05, 4.69) is 0 Å². The van der Waals surface area contributed by atoms with Crippen molar-refractivity contribution in [3.8, 4) is 69.0 Å². The Kier molecular flexibility index (Phi) is 11.8. The number of hydrogen-bond donors (Lipinski definition) is 13. The summed E-state index contributed by atoms with van der Waals surface area (Å²) in [5.74, 6) is -5.59. The molecule has 8 aromatic carbocycles. The summed E-state index contributed by atoms with van der Waals surface area (Å²) < 4.78 is 25.3. The van der Waals surface area contributed by atoms with Crippen LogP contribution in [0.2, 0.25) is 0 Å². The van der Waals surface area contributed by atoms with Crippen LogP contribution in [-0.2, 0) is 4.74 Å². The second-order valence-corrected chi connectivity index (χ2v) is 21.0. The van der Waals surface area contributed by atoms with Crippen LogP contribution >= 0.6 is 0 Å². The molecule has 8 aromatic rings. The number of phenolic OH excluding ortho intramolecular Hbond substituents is 9. The number of ether oxygens (including phenoxy) is 4. The Morgan fingerprint density at radius 1 is 0.380 bits per heavy atom. The zero-order chi connectivity index (χ0) is 54.9. The maximum Gasteiger partial charge on any atom is 0.229 e. The lowest BCUT2D eigenvalue weighted by Gasteiger charge is -2.39. The zero-order valence-electron chi connectivity index (χ0n) is 41.5. The molecule has 402 valence electrons. The third-order valence-electron chi connectivity index (χ3n) is 16.5. The predicted molar refractivity (Wildman–Crippen MR) is 281 cm³/mol. The van der Waals surface area contributed by atoms with Crippen LogP contribution in [0.25, 0.3) is 0 Å². The van der Waals surface area contributed by atoms with E-state index in [1.165, 1.54) is 42.5 Å². The molecule has 3 aliphatic heterocycles. The van der Waals surface area contributed by atoms with Gasteiger partial charge in [0.2, 0.25) is 6.29 Å². The van der Waals surface area contributed by atoms with Crippen molar-refractivity contribution in [3.05, 3.63) is 212 Å². The van der Waals surface area contributed by atoms with Gasteiger partial charge in [0.25, 0.3) is 0 Å². The van der Waals surface area contributed by atoms with Crippen molar-refractivity contribution in [2.24, 2.45) is 0 Å². The molecule has 2 aliphatic carbocycles. The lowest BCUT2D eigenvalue weighted by Crippen LogP contribution is -2.60. The minimum Gasteiger partial charge on any atom is -0.508 e. The molecule has 79 heavy (non-hydrogen) atoms. The maximum absolute atomic E-state index is 12.8. The number of phenols is 9. The van der Waals surface area contributed by atoms with Crippen LogP contribution in [0, 0.1) is 0 Å². The summed E-state index contributed by atoms with van der Waals surface area (Å²) in [7, 11) is 0. The first-order chi connectivity index (χ1) is 38.0. The van der Waals surface area contributed by atoms with E-state index in [-0.39, 0.29) is 63.2 Å². The molecule has 17 nitrogen and oxygen atoms in total. The number of hydrogen-bond acceptors (Lipinski definition) is 17. The normalized spacial score (nSPS) is 27.0. The topological polar surface area (TPSA) is 300 Å². The van der Waals surface area contributed by atoms with Crippen molar-refractivity contribution in [2.45, 2.75) is 78.4 Å². The molecule has 0 spiro atoms. The van der Waals surface area contributed by atoms with E-state index >= 15 is 0 Å². The van der Waals surface area contributed by atoms with Gasteiger partial charge < -0.3 is 85.3 Å². The minimum atomic E-state index is -1.78. The maximum atomic E-state index is 12.8. The largest absolute Gasteiger partial charge is 0.508 e. The van der Waals surface area contributed by atoms with E-state index in [1.807, 2.05) is 6.07 Å². The van der Waals surface area contributed by atoms with Crippen molar-refractivity contribution in [1.29, 1.82) is 0 Å². The summed E-state index contributed by atoms with van der Waals surface area (Å²) in [6, 6.07) is 38.2. The van der Waals surface area contributed by atoms with Gasteiger partial charge in [-0.2, -0.15) is 0 Å². The molecule has 5 aliphatic rings. The van der Waals surface area contributed by atoms with E-state index < -0.39 is 85.0 Å². The number of benzene rings is 8. The molecule has 0 saturated carbocycles. The molecule has 0 amide bonds. The highest BCUT2D eigenvalue weighted by Gasteiger charge is 2.57. The van der Waals surface area contributed by atoms with E-state index in [9.17, 15) is 66.4 Å². The fourth-order valence-corrected chi connectivity index (χ4v) is 13.3. The Labute approximate surface area is 450 Å². The van der Waals surface area contributed by atoms with Gasteiger partial charge in [-0.25, -0.2) is 0 Å². The third kappa shape index (κ3) is 8.02. The molecular formula is C62H52O17. The van der Waals surface area contributed by atoms with Crippen LogP contribution in [0.5, 0.6) is 69.0 Å². The first-order valence-corrected chi connectivity index (χ1v) is 25.7. The number of aromatic hydroxyl groups is 9. The van der Waals surface area contributed by atoms with Crippen molar-refractivity contribution in [2.75, 3.05) is 6.61 Å². The molecule has 13 rings (SSSR count). The smallest absolute Gasteiger partial charge is 0.229 e. The van der Waals surface area contributed by atoms with Crippen LogP contribution in [0.15, 0.2) is 146 Å². The Bertz CT molecular complexity index is 3680. The van der Waals surface area contributed by atoms with E-state index in [0.717, 1.165) is 0 Å². The van der Waals surface area contributed by atoms with E-state index in [4.69, 9.17) is 18.9 Å². The summed E-state index contributed by atoms with van der Waals surface area (Å²) in [6.45, 7) is -0.709. The molecule has 13 atom stereocenters. The van der Waals surface area contributed by atoms with Crippen LogP contribution in [0.4, 0.5) is 0 Å². The second kappa shape index (κ2) is 18.7. The molecule has 0 bridgehead atoms. The van der Waals surface area contributed by atoms with E-state index in [1.54, 1.807) is 97.1 Å². The Hall–Kier alpha value is -8.84. The highest BCUT2D eigenvalue weighted by Crippen LogP contribution is 2.71. The van der Waals surface area contributed by atoms with Gasteiger partial charge in [0.15, 0.2) is 11.5 Å². The Balaban J connectivity index is 1.05. The van der Waals surface area contributed by atoms with Crippen molar-refractivity contribution < 1.29 is 85.3 Å². The second-order valence-electron chi connectivity index (χ2n) is 21.0. The molecule has 1 saturated heterocycles. The summed E-state index contributed by atoms with van der Waals surface area (Å²) in [4.78, 5) is 0. The monoisotopic (exact) mass is 1070 g/mol. The van der Waals surface area contributed by atoms with Gasteiger partial charge in [0, 0.05) is 64.1 Å². The van der Waals surface area contributed by atoms with Gasteiger partial charge in [0.05, 0.1) is 18.4 Å². The third-order valence-corrected chi connectivity index (χ3v) is 16.5. The van der Waals surface area contributed by atoms with Gasteiger partial charge in [-0.05, 0) is 117 Å². The van der Waals surface area contributed by atoms with Crippen LogP contribution < -0.4 is 14.2 Å². The first kappa shape index (κ1) is 49.7. The fourth-order valence-electron chi connectivity index (χ4n) is 13.3. The lowest BCUT2D eigenvalue weighted by molar-refractivity contribution is -0.277. The molecular weight excluding hydrogens is 1020 g/mol. The van der Waals surface area contributed by atoms with Crippen molar-refractivity contribution in [3.63, 3.8) is 0 Å². The summed E-state index contributed by atoms with van der Waals surface area (Å²) in [5, 5.41) is 145. The van der Waals surface area contributed by atoms with Crippen LogP contribution in [0.3, 0.4) is 0 Å². The number of aliphatic hydroxyl groups is 4. The quantitative estimate of drug-likeness (QED) is 0.0653. The van der Waals surface area contributed by atoms with Crippen LogP contribution in [-0.4, -0.2) is 104 Å². The van der Waals surface area contributed by atoms with Gasteiger partial charge in [-0.15, -0.1) is 0 Å². The van der Waals surface area contributed by atoms with Crippen molar-refractivity contribution >= 4 is 0 Å². The van der Waals surface area contributed by atoms with Gasteiger partial charge in [-0.1, -0.05) is 54.6 Å². The number of fused-ring (bicyclic) bond motifs is 3. The molecule has 0 aromatic heterocycles. The summed E-state index contributed by atoms with van der Waals surface area (Å²) in [6.07, 6.45) is -9.85. The Morgan fingerprint density at radius 3 is 1.54 bits per heavy atom. The predicted octanol–water partition coefficient (Wildman–Crippen LogP) is 7.91. The van der Waals surface area contributed by atoms with Gasteiger partial charge in [-0.3, -0.25) is 0 Å². The molecule has 17 heteroatoms. The average Bonchev–Trinajstić information content (AvgIpc) is 3.45. The molecule has 1 fully saturated rings. The summed E-state index contributed by atoms with van der Waals surface area (Å²) in [5.41, 5.74) is 6.58. The SMILES string of the molecule is OC[C@H]1O[C@@H](Oc2cc(O)cc([C@H]3c4cc([C@@H]5c6c(O)cc7c8c6[C@@H]([C@@H](c6ccc(O)cc6)c6c(O)cc(O)cc6[C@@H]8[C@@H](c6ccc(O)cc6)O7)[C@H]5c5ccc(O)cc5)cc(O)c4O[C@@H]3c3ccc(O)cc3)c2)[C@H](O)[C@@H](O)[C@@H]1O. The number of rotatable bonds is 9. The minimum absolute atomic E-state index is 0.0111. The van der Waals surface area contributed by atoms with Crippen molar-refractivity contribution in [1.82, 2.24) is 0 Å². The highest BCUT2D eigenvalue weighted by atomic mass is 16.7. The zero-order valence-corrected chi connectivity index (χ0v) is 41.5. The Morgan fingerprint density at radius 2 is 0.924 bits per heavy atom. The first-order valence-electron chi connectivity index (χ1n) is 25.7. The van der Waals surface area contributed by atoms with E-state index in [0.29, 0.717) is 72.5 Å². The van der Waals surface area contributed by atoms with Gasteiger partial charge >= 0.3 is 0 Å². The van der Waals surface area contributed by atoms with Gasteiger partial charge in [0.1, 0.15) is 94.1 Å². The average molecular weight is 1070 g/mol.